The second-order valence-electron chi connectivity index (χ2n) is 10.4. The lowest BCUT2D eigenvalue weighted by molar-refractivity contribution is -0.138. The minimum Gasteiger partial charge on any atom is -0.241 e. The van der Waals surface area contributed by atoms with Crippen LogP contribution in [0.4, 0.5) is 26.3 Å². The molecule has 6 nitrogen and oxygen atoms in total. The fraction of sp³-hybridized carbons (Fsp3) is 0.118. The largest absolute Gasteiger partial charge is 0.416 e. The first-order chi connectivity index (χ1) is 21.9. The maximum absolute atomic E-state index is 13.1. The van der Waals surface area contributed by atoms with Crippen LogP contribution in [-0.4, -0.2) is 9.97 Å². The first-order valence-corrected chi connectivity index (χ1v) is 13.6. The SMILES string of the molecule is Cc1c(/C=C\Cc2ccc(C(F)(F)F)cc2)c2nc3c(=NC#N)c4cc(-c5ccc(C(F)(F)F)cc5)ccc4c3nc2c1=NC#N. The van der Waals surface area contributed by atoms with Gasteiger partial charge in [0, 0.05) is 16.3 Å². The second kappa shape index (κ2) is 11.2. The molecule has 0 aliphatic rings. The van der Waals surface area contributed by atoms with Crippen molar-refractivity contribution in [3.63, 3.8) is 0 Å². The van der Waals surface area contributed by atoms with Gasteiger partial charge in [-0.3, -0.25) is 0 Å². The molecule has 0 bridgehead atoms. The number of allylic oxidation sites excluding steroid dienone is 1. The number of halogens is 6. The summed E-state index contributed by atoms with van der Waals surface area (Å²) in [6.45, 7) is 1.75. The first kappa shape index (κ1) is 30.2. The number of rotatable bonds is 4. The van der Waals surface area contributed by atoms with E-state index in [4.69, 9.17) is 9.97 Å². The van der Waals surface area contributed by atoms with Gasteiger partial charge in [-0.25, -0.2) is 9.97 Å². The van der Waals surface area contributed by atoms with Crippen molar-refractivity contribution in [2.45, 2.75) is 25.7 Å². The van der Waals surface area contributed by atoms with Crippen LogP contribution < -0.4 is 10.7 Å². The van der Waals surface area contributed by atoms with Crippen molar-refractivity contribution in [1.82, 2.24) is 9.97 Å². The molecule has 1 heterocycles. The van der Waals surface area contributed by atoms with Gasteiger partial charge < -0.3 is 0 Å². The Morgan fingerprint density at radius 1 is 0.674 bits per heavy atom. The summed E-state index contributed by atoms with van der Waals surface area (Å²) in [4.78, 5) is 17.6. The third kappa shape index (κ3) is 5.35. The molecule has 1 aromatic heterocycles. The molecule has 6 rings (SSSR count). The number of benzene rings is 3. The van der Waals surface area contributed by atoms with Gasteiger partial charge >= 0.3 is 12.4 Å². The van der Waals surface area contributed by atoms with E-state index in [1.807, 2.05) is 0 Å². The van der Waals surface area contributed by atoms with Gasteiger partial charge in [-0.05, 0) is 65.9 Å². The minimum absolute atomic E-state index is 0.230. The summed E-state index contributed by atoms with van der Waals surface area (Å²) in [5.74, 6) is 0. The van der Waals surface area contributed by atoms with E-state index in [0.717, 1.165) is 24.3 Å². The number of alkyl halides is 6. The lowest BCUT2D eigenvalue weighted by Crippen LogP contribution is -2.04. The molecular weight excluding hydrogens is 606 g/mol. The molecule has 0 N–H and O–H groups in total. The van der Waals surface area contributed by atoms with Crippen LogP contribution in [0.5, 0.6) is 0 Å². The van der Waals surface area contributed by atoms with Gasteiger partial charge in [0.1, 0.15) is 21.7 Å². The zero-order valence-electron chi connectivity index (χ0n) is 23.7. The summed E-state index contributed by atoms with van der Waals surface area (Å²) in [5.41, 5.74) is 2.86. The van der Waals surface area contributed by atoms with Gasteiger partial charge in [-0.15, -0.1) is 0 Å². The number of nitrogens with zero attached hydrogens (tertiary/aromatic N) is 6. The van der Waals surface area contributed by atoms with Crippen LogP contribution in [-0.2, 0) is 18.8 Å². The Bertz CT molecular complexity index is 2380. The van der Waals surface area contributed by atoms with E-state index in [9.17, 15) is 36.9 Å². The number of fused-ring (bicyclic) bond motifs is 4. The minimum atomic E-state index is -4.47. The zero-order valence-corrected chi connectivity index (χ0v) is 23.7. The van der Waals surface area contributed by atoms with Gasteiger partial charge in [0.25, 0.3) is 0 Å². The van der Waals surface area contributed by atoms with Crippen molar-refractivity contribution in [2.75, 3.05) is 0 Å². The van der Waals surface area contributed by atoms with Gasteiger partial charge in [-0.2, -0.15) is 46.9 Å². The standard InChI is InChI=1S/C34H18F6N6/c1-18-24(4-2-3-19-5-10-22(11-6-19)33(35,36)37)29-31(27(18)43-16-41)46-30-25-14-9-21(15-26(25)28(44-17-42)32(30)45-29)20-7-12-23(13-8-20)34(38,39)40/h2,4-15H,3H2,1H3/b4-2-,43-27?,44-28?. The predicted octanol–water partition coefficient (Wildman–Crippen LogP) is 7.84. The molecule has 226 valence electrons. The quantitative estimate of drug-likeness (QED) is 0.147. The number of aromatic nitrogens is 2. The highest BCUT2D eigenvalue weighted by atomic mass is 19.4. The monoisotopic (exact) mass is 624 g/mol. The molecular formula is C34H18F6N6. The highest BCUT2D eigenvalue weighted by Crippen LogP contribution is 2.33. The zero-order chi connectivity index (χ0) is 32.8. The van der Waals surface area contributed by atoms with Crippen molar-refractivity contribution in [1.29, 1.82) is 10.5 Å². The van der Waals surface area contributed by atoms with Crippen LogP contribution in [0.3, 0.4) is 0 Å². The van der Waals surface area contributed by atoms with Crippen molar-refractivity contribution < 1.29 is 26.3 Å². The van der Waals surface area contributed by atoms with E-state index < -0.39 is 23.5 Å². The third-order valence-electron chi connectivity index (χ3n) is 7.68. The molecule has 0 radical (unpaired) electrons. The molecule has 5 aromatic carbocycles. The Balaban J connectivity index is 1.49. The van der Waals surface area contributed by atoms with Gasteiger partial charge in [0.15, 0.2) is 0 Å². The van der Waals surface area contributed by atoms with Crippen LogP contribution in [0.1, 0.15) is 27.8 Å². The molecule has 0 saturated heterocycles. The summed E-state index contributed by atoms with van der Waals surface area (Å²) >= 11 is 0. The van der Waals surface area contributed by atoms with Crippen LogP contribution in [0.15, 0.2) is 82.8 Å². The lowest BCUT2D eigenvalue weighted by Gasteiger charge is -2.08. The number of hydrogen-bond acceptors (Lipinski definition) is 6. The van der Waals surface area contributed by atoms with Crippen molar-refractivity contribution in [3.05, 3.63) is 111 Å². The third-order valence-corrected chi connectivity index (χ3v) is 7.68. The maximum atomic E-state index is 13.1. The van der Waals surface area contributed by atoms with Crippen LogP contribution in [0.2, 0.25) is 0 Å². The fourth-order valence-electron chi connectivity index (χ4n) is 5.43. The fourth-order valence-corrected chi connectivity index (χ4v) is 5.43. The van der Waals surface area contributed by atoms with E-state index in [1.54, 1.807) is 49.7 Å². The highest BCUT2D eigenvalue weighted by Gasteiger charge is 2.30. The second-order valence-corrected chi connectivity index (χ2v) is 10.4. The summed E-state index contributed by atoms with van der Waals surface area (Å²) in [5, 5.41) is 20.6. The number of nitriles is 2. The van der Waals surface area contributed by atoms with Crippen molar-refractivity contribution in [3.8, 4) is 23.5 Å². The molecule has 0 spiro atoms. The topological polar surface area (TPSA) is 98.1 Å². The molecule has 0 atom stereocenters. The molecule has 46 heavy (non-hydrogen) atoms. The maximum Gasteiger partial charge on any atom is 0.416 e. The average Bonchev–Trinajstić information content (AvgIpc) is 3.46. The molecule has 12 heteroatoms. The Morgan fingerprint density at radius 3 is 1.83 bits per heavy atom. The molecule has 0 unspecified atom stereocenters. The van der Waals surface area contributed by atoms with Gasteiger partial charge in [0.05, 0.1) is 22.2 Å². The highest BCUT2D eigenvalue weighted by molar-refractivity contribution is 6.11. The number of hydrogen-bond donors (Lipinski definition) is 0. The average molecular weight is 625 g/mol. The Labute approximate surface area is 256 Å². The van der Waals surface area contributed by atoms with Gasteiger partial charge in [-0.1, -0.05) is 48.6 Å². The Morgan fingerprint density at radius 2 is 1.22 bits per heavy atom. The van der Waals surface area contributed by atoms with E-state index in [-0.39, 0.29) is 5.36 Å². The molecule has 0 aliphatic carbocycles. The van der Waals surface area contributed by atoms with E-state index in [1.165, 1.54) is 24.3 Å². The van der Waals surface area contributed by atoms with Crippen molar-refractivity contribution >= 4 is 38.9 Å². The molecule has 0 aliphatic heterocycles. The van der Waals surface area contributed by atoms with Crippen LogP contribution in [0.25, 0.3) is 50.0 Å². The summed E-state index contributed by atoms with van der Waals surface area (Å²) < 4.78 is 78.1. The van der Waals surface area contributed by atoms with E-state index in [0.29, 0.717) is 72.4 Å². The molecule has 0 amide bonds. The normalized spacial score (nSPS) is 13.3. The van der Waals surface area contributed by atoms with E-state index >= 15 is 0 Å². The molecule has 6 aromatic rings. The van der Waals surface area contributed by atoms with Crippen LogP contribution >= 0.6 is 0 Å². The summed E-state index contributed by atoms with van der Waals surface area (Å²) in [6, 6.07) is 14.7. The summed E-state index contributed by atoms with van der Waals surface area (Å²) in [6.07, 6.45) is -1.53. The van der Waals surface area contributed by atoms with Crippen LogP contribution in [0, 0.1) is 29.8 Å². The Hall–Kier alpha value is -5.88. The van der Waals surface area contributed by atoms with Gasteiger partial charge in [0.2, 0.25) is 12.4 Å². The lowest BCUT2D eigenvalue weighted by atomic mass is 10.0. The Kier molecular flexibility index (Phi) is 7.37. The molecule has 0 fully saturated rings. The smallest absolute Gasteiger partial charge is 0.241 e. The summed E-state index contributed by atoms with van der Waals surface area (Å²) in [7, 11) is 0. The predicted molar refractivity (Wildman–Crippen MR) is 159 cm³/mol. The van der Waals surface area contributed by atoms with E-state index in [2.05, 4.69) is 9.98 Å². The van der Waals surface area contributed by atoms with Crippen molar-refractivity contribution in [2.24, 2.45) is 9.98 Å². The molecule has 0 saturated carbocycles. The first-order valence-electron chi connectivity index (χ1n) is 13.6.